The smallest absolute Gasteiger partial charge is 0.387 e. The Morgan fingerprint density at radius 3 is 2.33 bits per heavy atom. The Labute approximate surface area is 176 Å². The first-order chi connectivity index (χ1) is 14.2. The Balaban J connectivity index is 1.88. The van der Waals surface area contributed by atoms with Crippen LogP contribution in [0.3, 0.4) is 0 Å². The van der Waals surface area contributed by atoms with Gasteiger partial charge in [0.1, 0.15) is 5.75 Å². The molecule has 0 aliphatic rings. The molecule has 0 radical (unpaired) electrons. The SMILES string of the molecule is CC(=O)N[C@@H](CC(=O)OCC(=O)Nc1ccc(OC(F)F)cc1)c1ccccc1Cl. The van der Waals surface area contributed by atoms with E-state index in [9.17, 15) is 23.2 Å². The van der Waals surface area contributed by atoms with Gasteiger partial charge in [-0.1, -0.05) is 29.8 Å². The molecule has 10 heteroatoms. The van der Waals surface area contributed by atoms with Crippen LogP contribution in [0.1, 0.15) is 24.9 Å². The number of anilines is 1. The number of amides is 2. The lowest BCUT2D eigenvalue weighted by molar-refractivity contribution is -0.148. The van der Waals surface area contributed by atoms with Crippen LogP contribution in [0.15, 0.2) is 48.5 Å². The summed E-state index contributed by atoms with van der Waals surface area (Å²) in [6.45, 7) is -2.21. The van der Waals surface area contributed by atoms with Gasteiger partial charge in [-0.3, -0.25) is 14.4 Å². The molecule has 0 aromatic heterocycles. The molecule has 0 spiro atoms. The van der Waals surface area contributed by atoms with Crippen LogP contribution in [0.25, 0.3) is 0 Å². The van der Waals surface area contributed by atoms with Crippen molar-refractivity contribution in [2.45, 2.75) is 26.0 Å². The number of alkyl halides is 2. The fourth-order valence-electron chi connectivity index (χ4n) is 2.53. The second-order valence-corrected chi connectivity index (χ2v) is 6.50. The van der Waals surface area contributed by atoms with E-state index in [-0.39, 0.29) is 18.1 Å². The topological polar surface area (TPSA) is 93.7 Å². The third kappa shape index (κ3) is 7.67. The molecule has 0 saturated carbocycles. The number of esters is 1. The normalized spacial score (nSPS) is 11.5. The van der Waals surface area contributed by atoms with Gasteiger partial charge in [-0.15, -0.1) is 0 Å². The number of carbonyl (C=O) groups is 3. The molecule has 1 atom stereocenters. The number of ether oxygens (including phenoxy) is 2. The molecule has 0 unspecified atom stereocenters. The van der Waals surface area contributed by atoms with Crippen molar-refractivity contribution in [1.82, 2.24) is 5.32 Å². The number of hydrogen-bond donors (Lipinski definition) is 2. The summed E-state index contributed by atoms with van der Waals surface area (Å²) < 4.78 is 33.4. The van der Waals surface area contributed by atoms with Crippen molar-refractivity contribution in [2.24, 2.45) is 0 Å². The third-order valence-electron chi connectivity index (χ3n) is 3.76. The van der Waals surface area contributed by atoms with Gasteiger partial charge < -0.3 is 20.1 Å². The van der Waals surface area contributed by atoms with Gasteiger partial charge in [-0.2, -0.15) is 8.78 Å². The summed E-state index contributed by atoms with van der Waals surface area (Å²) in [4.78, 5) is 35.5. The van der Waals surface area contributed by atoms with E-state index in [1.165, 1.54) is 31.2 Å². The summed E-state index contributed by atoms with van der Waals surface area (Å²) in [5.74, 6) is -1.76. The van der Waals surface area contributed by atoms with Gasteiger partial charge in [-0.25, -0.2) is 0 Å². The third-order valence-corrected chi connectivity index (χ3v) is 4.10. The molecular weight excluding hydrogens is 422 g/mol. The van der Waals surface area contributed by atoms with Crippen molar-refractivity contribution in [2.75, 3.05) is 11.9 Å². The maximum absolute atomic E-state index is 12.1. The average Bonchev–Trinajstić information content (AvgIpc) is 2.67. The molecule has 2 aromatic carbocycles. The van der Waals surface area contributed by atoms with Crippen LogP contribution in [0.5, 0.6) is 5.75 Å². The Morgan fingerprint density at radius 2 is 1.73 bits per heavy atom. The largest absolute Gasteiger partial charge is 0.455 e. The van der Waals surface area contributed by atoms with Gasteiger partial charge in [0, 0.05) is 17.6 Å². The number of halogens is 3. The number of benzene rings is 2. The van der Waals surface area contributed by atoms with Crippen LogP contribution in [-0.4, -0.2) is 31.0 Å². The standard InChI is InChI=1S/C20H19ClF2N2O5/c1-12(26)24-17(15-4-2-3-5-16(15)21)10-19(28)29-11-18(27)25-13-6-8-14(9-7-13)30-20(22)23/h2-9,17,20H,10-11H2,1H3,(H,24,26)(H,25,27)/t17-/m0/s1. The molecular formula is C20H19ClF2N2O5. The lowest BCUT2D eigenvalue weighted by Gasteiger charge is -2.18. The van der Waals surface area contributed by atoms with Crippen LogP contribution in [0.2, 0.25) is 5.02 Å². The van der Waals surface area contributed by atoms with Crippen LogP contribution in [-0.2, 0) is 19.1 Å². The van der Waals surface area contributed by atoms with Crippen molar-refractivity contribution in [3.63, 3.8) is 0 Å². The van der Waals surface area contributed by atoms with Crippen LogP contribution >= 0.6 is 11.6 Å². The van der Waals surface area contributed by atoms with Gasteiger partial charge in [0.05, 0.1) is 12.5 Å². The highest BCUT2D eigenvalue weighted by molar-refractivity contribution is 6.31. The van der Waals surface area contributed by atoms with Crippen molar-refractivity contribution >= 4 is 35.1 Å². The quantitative estimate of drug-likeness (QED) is 0.580. The van der Waals surface area contributed by atoms with Crippen LogP contribution in [0.4, 0.5) is 14.5 Å². The fourth-order valence-corrected chi connectivity index (χ4v) is 2.80. The molecule has 30 heavy (non-hydrogen) atoms. The molecule has 160 valence electrons. The highest BCUT2D eigenvalue weighted by Gasteiger charge is 2.21. The van der Waals surface area contributed by atoms with Crippen molar-refractivity contribution in [3.8, 4) is 5.75 Å². The minimum atomic E-state index is -2.95. The zero-order chi connectivity index (χ0) is 22.1. The molecule has 0 heterocycles. The number of rotatable bonds is 9. The fraction of sp³-hybridized carbons (Fsp3) is 0.250. The molecule has 7 nitrogen and oxygen atoms in total. The molecule has 0 bridgehead atoms. The molecule has 2 amide bonds. The zero-order valence-electron chi connectivity index (χ0n) is 15.9. The summed E-state index contributed by atoms with van der Waals surface area (Å²) in [6.07, 6.45) is -0.226. The van der Waals surface area contributed by atoms with Crippen LogP contribution in [0, 0.1) is 0 Å². The highest BCUT2D eigenvalue weighted by atomic mass is 35.5. The Morgan fingerprint density at radius 1 is 1.07 bits per heavy atom. The average molecular weight is 441 g/mol. The van der Waals surface area contributed by atoms with E-state index < -0.39 is 31.1 Å². The van der Waals surface area contributed by atoms with Gasteiger partial charge in [-0.05, 0) is 35.9 Å². The lowest BCUT2D eigenvalue weighted by atomic mass is 10.0. The molecule has 0 saturated heterocycles. The summed E-state index contributed by atoms with van der Waals surface area (Å²) in [6, 6.07) is 11.3. The van der Waals surface area contributed by atoms with E-state index in [1.54, 1.807) is 24.3 Å². The summed E-state index contributed by atoms with van der Waals surface area (Å²) in [5.41, 5.74) is 0.853. The molecule has 2 N–H and O–H groups in total. The zero-order valence-corrected chi connectivity index (χ0v) is 16.6. The van der Waals surface area contributed by atoms with Crippen molar-refractivity contribution in [1.29, 1.82) is 0 Å². The Hall–Kier alpha value is -3.20. The van der Waals surface area contributed by atoms with Gasteiger partial charge in [0.15, 0.2) is 6.61 Å². The minimum absolute atomic E-state index is 0.0574. The monoisotopic (exact) mass is 440 g/mol. The maximum Gasteiger partial charge on any atom is 0.387 e. The van der Waals surface area contributed by atoms with Crippen molar-refractivity contribution in [3.05, 3.63) is 59.1 Å². The second-order valence-electron chi connectivity index (χ2n) is 6.09. The molecule has 0 fully saturated rings. The van der Waals surface area contributed by atoms with E-state index in [2.05, 4.69) is 15.4 Å². The van der Waals surface area contributed by atoms with E-state index in [4.69, 9.17) is 16.3 Å². The summed E-state index contributed by atoms with van der Waals surface area (Å²) >= 11 is 6.12. The predicted molar refractivity (Wildman–Crippen MR) is 105 cm³/mol. The summed E-state index contributed by atoms with van der Waals surface area (Å²) in [5, 5.41) is 5.45. The lowest BCUT2D eigenvalue weighted by Crippen LogP contribution is -2.29. The van der Waals surface area contributed by atoms with Crippen LogP contribution < -0.4 is 15.4 Å². The Bertz CT molecular complexity index is 893. The predicted octanol–water partition coefficient (Wildman–Crippen LogP) is 3.69. The second kappa shape index (κ2) is 11.1. The first kappa shape index (κ1) is 23.1. The van der Waals surface area contributed by atoms with Gasteiger partial charge in [0.2, 0.25) is 5.91 Å². The van der Waals surface area contributed by atoms with E-state index in [0.717, 1.165) is 0 Å². The van der Waals surface area contributed by atoms with Gasteiger partial charge >= 0.3 is 12.6 Å². The Kier molecular flexibility index (Phi) is 8.54. The molecule has 2 rings (SSSR count). The molecule has 2 aromatic rings. The molecule has 0 aliphatic carbocycles. The summed E-state index contributed by atoms with van der Waals surface area (Å²) in [7, 11) is 0. The first-order valence-electron chi connectivity index (χ1n) is 8.76. The number of carbonyl (C=O) groups excluding carboxylic acids is 3. The minimum Gasteiger partial charge on any atom is -0.455 e. The van der Waals surface area contributed by atoms with E-state index in [1.807, 2.05) is 0 Å². The number of nitrogens with one attached hydrogen (secondary N) is 2. The van der Waals surface area contributed by atoms with Crippen molar-refractivity contribution < 1.29 is 32.6 Å². The van der Waals surface area contributed by atoms with E-state index >= 15 is 0 Å². The van der Waals surface area contributed by atoms with Gasteiger partial charge in [0.25, 0.3) is 5.91 Å². The highest BCUT2D eigenvalue weighted by Crippen LogP contribution is 2.25. The number of hydrogen-bond acceptors (Lipinski definition) is 5. The maximum atomic E-state index is 12.1. The van der Waals surface area contributed by atoms with E-state index in [0.29, 0.717) is 16.3 Å². The molecule has 0 aliphatic heterocycles. The first-order valence-corrected chi connectivity index (χ1v) is 9.14.